The number of aryl methyl sites for hydroxylation is 2. The van der Waals surface area contributed by atoms with E-state index in [1.807, 2.05) is 18.3 Å². The van der Waals surface area contributed by atoms with Gasteiger partial charge in [0.1, 0.15) is 6.04 Å². The molecule has 4 aromatic rings. The Morgan fingerprint density at radius 3 is 2.34 bits per heavy atom. The maximum atomic E-state index is 5.87. The lowest BCUT2D eigenvalue weighted by atomic mass is 10.0. The standard InChI is InChI=1S/C27H26N4S/c1-3-20-11-15-22(16-12-20)31-26(25(29-27(31)32)23-7-4-5-17-28-23)24-8-6-18-30(24)21-13-9-19(2)10-14-21/h4-18,25-26H,3H2,1-2H3,(H,29,32)/t25-,26+/m0/s1. The molecule has 0 aliphatic carbocycles. The van der Waals surface area contributed by atoms with Crippen LogP contribution >= 0.6 is 12.2 Å². The van der Waals surface area contributed by atoms with Crippen LogP contribution < -0.4 is 10.2 Å². The van der Waals surface area contributed by atoms with Crippen molar-refractivity contribution in [1.82, 2.24) is 14.9 Å². The predicted octanol–water partition coefficient (Wildman–Crippen LogP) is 5.92. The number of nitrogens with one attached hydrogen (secondary N) is 1. The van der Waals surface area contributed by atoms with Crippen molar-refractivity contribution in [2.24, 2.45) is 0 Å². The molecule has 2 aromatic heterocycles. The van der Waals surface area contributed by atoms with Crippen molar-refractivity contribution in [3.8, 4) is 5.69 Å². The topological polar surface area (TPSA) is 33.1 Å². The number of aromatic nitrogens is 2. The molecule has 32 heavy (non-hydrogen) atoms. The SMILES string of the molecule is CCc1ccc(N2C(=S)N[C@@H](c3ccccn3)[C@H]2c2cccn2-c2ccc(C)cc2)cc1. The number of pyridine rings is 1. The van der Waals surface area contributed by atoms with Crippen molar-refractivity contribution in [3.63, 3.8) is 0 Å². The highest BCUT2D eigenvalue weighted by atomic mass is 32.1. The molecular weight excluding hydrogens is 412 g/mol. The second-order valence-electron chi connectivity index (χ2n) is 8.16. The van der Waals surface area contributed by atoms with Gasteiger partial charge in [0.15, 0.2) is 5.11 Å². The number of hydrogen-bond acceptors (Lipinski definition) is 2. The van der Waals surface area contributed by atoms with Gasteiger partial charge in [0.2, 0.25) is 0 Å². The van der Waals surface area contributed by atoms with E-state index in [0.29, 0.717) is 5.11 Å². The van der Waals surface area contributed by atoms with Crippen molar-refractivity contribution in [2.75, 3.05) is 4.90 Å². The molecule has 5 rings (SSSR count). The summed E-state index contributed by atoms with van der Waals surface area (Å²) in [6.45, 7) is 4.28. The summed E-state index contributed by atoms with van der Waals surface area (Å²) < 4.78 is 2.25. The molecule has 0 saturated carbocycles. The van der Waals surface area contributed by atoms with Crippen LogP contribution in [0.5, 0.6) is 0 Å². The molecule has 160 valence electrons. The lowest BCUT2D eigenvalue weighted by molar-refractivity contribution is 0.549. The van der Waals surface area contributed by atoms with Crippen LogP contribution in [0.15, 0.2) is 91.3 Å². The molecule has 0 bridgehead atoms. The highest BCUT2D eigenvalue weighted by molar-refractivity contribution is 7.80. The molecule has 1 N–H and O–H groups in total. The minimum atomic E-state index is -0.0614. The average molecular weight is 439 g/mol. The number of nitrogens with zero attached hydrogens (tertiary/aromatic N) is 3. The number of thiocarbonyl (C=S) groups is 1. The van der Waals surface area contributed by atoms with Gasteiger partial charge < -0.3 is 14.8 Å². The van der Waals surface area contributed by atoms with E-state index < -0.39 is 0 Å². The van der Waals surface area contributed by atoms with Gasteiger partial charge >= 0.3 is 0 Å². The van der Waals surface area contributed by atoms with Crippen LogP contribution in [0.25, 0.3) is 5.69 Å². The maximum absolute atomic E-state index is 5.87. The zero-order valence-corrected chi connectivity index (χ0v) is 19.1. The Morgan fingerprint density at radius 2 is 1.66 bits per heavy atom. The van der Waals surface area contributed by atoms with Gasteiger partial charge in [0.05, 0.1) is 11.7 Å². The number of benzene rings is 2. The summed E-state index contributed by atoms with van der Waals surface area (Å²) in [5.74, 6) is 0. The fraction of sp³-hybridized carbons (Fsp3) is 0.185. The zero-order valence-electron chi connectivity index (χ0n) is 18.3. The second-order valence-corrected chi connectivity index (χ2v) is 8.54. The first-order valence-corrected chi connectivity index (χ1v) is 11.4. The molecule has 2 aromatic carbocycles. The van der Waals surface area contributed by atoms with Crippen molar-refractivity contribution in [1.29, 1.82) is 0 Å². The Hall–Kier alpha value is -3.44. The van der Waals surface area contributed by atoms with Gasteiger partial charge in [-0.25, -0.2) is 0 Å². The Kier molecular flexibility index (Phi) is 5.50. The fourth-order valence-corrected chi connectivity index (χ4v) is 4.75. The lowest BCUT2D eigenvalue weighted by Crippen LogP contribution is -2.30. The minimum Gasteiger partial charge on any atom is -0.351 e. The van der Waals surface area contributed by atoms with E-state index in [1.165, 1.54) is 11.1 Å². The molecule has 0 amide bonds. The van der Waals surface area contributed by atoms with Crippen LogP contribution in [0.1, 0.15) is 41.5 Å². The molecular formula is C27H26N4S. The Morgan fingerprint density at radius 1 is 0.906 bits per heavy atom. The summed E-state index contributed by atoms with van der Waals surface area (Å²) in [5, 5.41) is 4.27. The first-order chi connectivity index (χ1) is 15.7. The van der Waals surface area contributed by atoms with E-state index in [0.717, 1.165) is 29.2 Å². The highest BCUT2D eigenvalue weighted by Gasteiger charge is 2.42. The molecule has 1 saturated heterocycles. The molecule has 3 heterocycles. The van der Waals surface area contributed by atoms with Crippen molar-refractivity contribution in [2.45, 2.75) is 32.4 Å². The Labute approximate surface area is 194 Å². The summed E-state index contributed by atoms with van der Waals surface area (Å²) in [6, 6.07) is 27.5. The van der Waals surface area contributed by atoms with E-state index >= 15 is 0 Å². The van der Waals surface area contributed by atoms with Gasteiger partial charge in [-0.1, -0.05) is 42.8 Å². The van der Waals surface area contributed by atoms with E-state index in [2.05, 4.69) is 107 Å². The largest absolute Gasteiger partial charge is 0.351 e. The smallest absolute Gasteiger partial charge is 0.174 e. The quantitative estimate of drug-likeness (QED) is 0.392. The van der Waals surface area contributed by atoms with Crippen molar-refractivity contribution < 1.29 is 0 Å². The summed E-state index contributed by atoms with van der Waals surface area (Å²) in [7, 11) is 0. The third-order valence-corrected chi connectivity index (χ3v) is 6.43. The van der Waals surface area contributed by atoms with Gasteiger partial charge in [-0.15, -0.1) is 0 Å². The predicted molar refractivity (Wildman–Crippen MR) is 134 cm³/mol. The number of rotatable bonds is 5. The second kappa shape index (κ2) is 8.60. The van der Waals surface area contributed by atoms with Gasteiger partial charge in [0.25, 0.3) is 0 Å². The third kappa shape index (κ3) is 3.69. The molecule has 4 nitrogen and oxygen atoms in total. The van der Waals surface area contributed by atoms with Crippen LogP contribution in [0.4, 0.5) is 5.69 Å². The fourth-order valence-electron chi connectivity index (χ4n) is 4.40. The number of hydrogen-bond donors (Lipinski definition) is 1. The van der Waals surface area contributed by atoms with E-state index in [9.17, 15) is 0 Å². The molecule has 1 fully saturated rings. The van der Waals surface area contributed by atoms with Crippen molar-refractivity contribution in [3.05, 3.63) is 114 Å². The molecule has 0 radical (unpaired) electrons. The van der Waals surface area contributed by atoms with Crippen LogP contribution in [0, 0.1) is 6.92 Å². The van der Waals surface area contributed by atoms with Gasteiger partial charge in [0, 0.05) is 29.5 Å². The van der Waals surface area contributed by atoms with Crippen LogP contribution in [0.2, 0.25) is 0 Å². The maximum Gasteiger partial charge on any atom is 0.174 e. The molecule has 1 aliphatic rings. The average Bonchev–Trinajstić information content (AvgIpc) is 3.44. The van der Waals surface area contributed by atoms with E-state index in [4.69, 9.17) is 12.2 Å². The molecule has 1 aliphatic heterocycles. The summed E-state index contributed by atoms with van der Waals surface area (Å²) >= 11 is 5.87. The lowest BCUT2D eigenvalue weighted by Gasteiger charge is -2.29. The summed E-state index contributed by atoms with van der Waals surface area (Å²) in [4.78, 5) is 6.90. The summed E-state index contributed by atoms with van der Waals surface area (Å²) in [6.07, 6.45) is 4.98. The van der Waals surface area contributed by atoms with Gasteiger partial charge in [-0.3, -0.25) is 4.98 Å². The van der Waals surface area contributed by atoms with E-state index in [1.54, 1.807) is 0 Å². The molecule has 0 spiro atoms. The monoisotopic (exact) mass is 438 g/mol. The van der Waals surface area contributed by atoms with Crippen LogP contribution in [-0.4, -0.2) is 14.7 Å². The molecule has 0 unspecified atom stereocenters. The Balaban J connectivity index is 1.64. The Bertz CT molecular complexity index is 1210. The van der Waals surface area contributed by atoms with Crippen molar-refractivity contribution >= 4 is 23.0 Å². The molecule has 5 heteroatoms. The summed E-state index contributed by atoms with van der Waals surface area (Å²) in [5.41, 5.74) is 6.91. The number of anilines is 1. The minimum absolute atomic E-state index is 0.0406. The molecule has 2 atom stereocenters. The van der Waals surface area contributed by atoms with Gasteiger partial charge in [-0.2, -0.15) is 0 Å². The normalized spacial score (nSPS) is 18.1. The highest BCUT2D eigenvalue weighted by Crippen LogP contribution is 2.42. The first kappa shape index (κ1) is 20.5. The van der Waals surface area contributed by atoms with Gasteiger partial charge in [-0.05, 0) is 79.7 Å². The zero-order chi connectivity index (χ0) is 22.1. The van der Waals surface area contributed by atoms with Crippen LogP contribution in [0.3, 0.4) is 0 Å². The van der Waals surface area contributed by atoms with E-state index in [-0.39, 0.29) is 12.1 Å². The first-order valence-electron chi connectivity index (χ1n) is 11.0. The van der Waals surface area contributed by atoms with Crippen LogP contribution in [-0.2, 0) is 6.42 Å². The third-order valence-electron chi connectivity index (χ3n) is 6.12.